The summed E-state index contributed by atoms with van der Waals surface area (Å²) in [7, 11) is -2.76. The third-order valence-electron chi connectivity index (χ3n) is 1.56. The van der Waals surface area contributed by atoms with Crippen molar-refractivity contribution in [3.05, 3.63) is 0 Å². The molecule has 0 aromatic heterocycles. The summed E-state index contributed by atoms with van der Waals surface area (Å²) in [4.78, 5) is 10.6. The zero-order valence-corrected chi connectivity index (χ0v) is 8.85. The minimum absolute atomic E-state index is 0.0836. The van der Waals surface area contributed by atoms with Crippen molar-refractivity contribution in [3.63, 3.8) is 0 Å². The largest absolute Gasteiger partial charge is 0.399 e. The molecule has 0 aromatic carbocycles. The average molecular weight is 232 g/mol. The molecule has 0 aromatic rings. The second-order valence-electron chi connectivity index (χ2n) is 2.71. The van der Waals surface area contributed by atoms with Gasteiger partial charge in [0.15, 0.2) is 8.03 Å². The van der Waals surface area contributed by atoms with Gasteiger partial charge in [-0.2, -0.15) is 13.2 Å². The second kappa shape index (κ2) is 5.51. The Kier molecular flexibility index (Phi) is 5.37. The summed E-state index contributed by atoms with van der Waals surface area (Å²) < 4.78 is 51.9. The maximum atomic E-state index is 12.2. The summed E-state index contributed by atoms with van der Waals surface area (Å²) >= 11 is 0. The van der Waals surface area contributed by atoms with Gasteiger partial charge in [-0.15, -0.1) is 0 Å². The van der Waals surface area contributed by atoms with Gasteiger partial charge in [0.1, 0.15) is 11.7 Å². The highest BCUT2D eigenvalue weighted by Crippen LogP contribution is 2.35. The van der Waals surface area contributed by atoms with Gasteiger partial charge in [0.05, 0.1) is 6.61 Å². The fraction of sp³-hybridized carbons (Fsp3) is 0.857. The van der Waals surface area contributed by atoms with E-state index < -0.39 is 32.1 Å². The third kappa shape index (κ3) is 4.77. The SMILES string of the molecule is CCO[PH](=O)CC(C(C)=O)C(F)(F)F. The molecule has 0 saturated heterocycles. The molecular weight excluding hydrogens is 220 g/mol. The van der Waals surface area contributed by atoms with Crippen LogP contribution in [0.15, 0.2) is 0 Å². The number of halogens is 3. The zero-order valence-electron chi connectivity index (χ0n) is 7.85. The Hall–Kier alpha value is -0.350. The van der Waals surface area contributed by atoms with Crippen molar-refractivity contribution in [2.24, 2.45) is 5.92 Å². The molecule has 2 atom stereocenters. The molecule has 0 amide bonds. The predicted octanol–water partition coefficient (Wildman–Crippen LogP) is 2.27. The Labute approximate surface area is 80.5 Å². The average Bonchev–Trinajstić information content (AvgIpc) is 1.98. The molecule has 0 saturated carbocycles. The first kappa shape index (κ1) is 13.7. The minimum Gasteiger partial charge on any atom is -0.331 e. The number of rotatable bonds is 5. The molecule has 3 nitrogen and oxygen atoms in total. The van der Waals surface area contributed by atoms with E-state index in [9.17, 15) is 22.5 Å². The van der Waals surface area contributed by atoms with Crippen LogP contribution in [0.5, 0.6) is 0 Å². The van der Waals surface area contributed by atoms with Gasteiger partial charge in [-0.05, 0) is 13.8 Å². The van der Waals surface area contributed by atoms with E-state index >= 15 is 0 Å². The lowest BCUT2D eigenvalue weighted by atomic mass is 10.1. The lowest BCUT2D eigenvalue weighted by molar-refractivity contribution is -0.175. The lowest BCUT2D eigenvalue weighted by Gasteiger charge is -2.16. The maximum Gasteiger partial charge on any atom is 0.399 e. The van der Waals surface area contributed by atoms with Gasteiger partial charge in [0.25, 0.3) is 0 Å². The number of alkyl halides is 3. The Balaban J connectivity index is 4.40. The third-order valence-corrected chi connectivity index (χ3v) is 2.91. The minimum atomic E-state index is -4.64. The molecule has 0 radical (unpaired) electrons. The number of carbonyl (C=O) groups is 1. The summed E-state index contributed by atoms with van der Waals surface area (Å²) in [5.74, 6) is -3.20. The molecule has 84 valence electrons. The maximum absolute atomic E-state index is 12.2. The van der Waals surface area contributed by atoms with E-state index in [2.05, 4.69) is 4.52 Å². The fourth-order valence-electron chi connectivity index (χ4n) is 0.877. The summed E-state index contributed by atoms with van der Waals surface area (Å²) in [6, 6.07) is 0. The predicted molar refractivity (Wildman–Crippen MR) is 45.7 cm³/mol. The van der Waals surface area contributed by atoms with Crippen LogP contribution in [0.3, 0.4) is 0 Å². The van der Waals surface area contributed by atoms with Gasteiger partial charge in [-0.3, -0.25) is 9.36 Å². The van der Waals surface area contributed by atoms with E-state index in [4.69, 9.17) is 0 Å². The molecule has 14 heavy (non-hydrogen) atoms. The van der Waals surface area contributed by atoms with Crippen LogP contribution in [-0.2, 0) is 13.9 Å². The molecule has 0 rings (SSSR count). The molecule has 0 aliphatic rings. The quantitative estimate of drug-likeness (QED) is 0.683. The first-order valence-electron chi connectivity index (χ1n) is 4.01. The number of hydrogen-bond donors (Lipinski definition) is 0. The van der Waals surface area contributed by atoms with E-state index in [-0.39, 0.29) is 6.61 Å². The van der Waals surface area contributed by atoms with Crippen LogP contribution < -0.4 is 0 Å². The van der Waals surface area contributed by atoms with Crippen LogP contribution in [0.25, 0.3) is 0 Å². The molecule has 0 aliphatic heterocycles. The molecule has 0 spiro atoms. The highest BCUT2D eigenvalue weighted by atomic mass is 31.1. The molecule has 0 N–H and O–H groups in total. The van der Waals surface area contributed by atoms with Crippen LogP contribution in [0.4, 0.5) is 13.2 Å². The van der Waals surface area contributed by atoms with Crippen molar-refractivity contribution in [2.45, 2.75) is 20.0 Å². The van der Waals surface area contributed by atoms with Crippen LogP contribution >= 0.6 is 8.03 Å². The summed E-state index contributed by atoms with van der Waals surface area (Å²) in [5, 5.41) is 0. The number of Topliss-reactive ketones (excluding diaryl/α,β-unsaturated/α-hetero) is 1. The number of carbonyl (C=O) groups excluding carboxylic acids is 1. The van der Waals surface area contributed by atoms with Crippen molar-refractivity contribution in [2.75, 3.05) is 12.8 Å². The highest BCUT2D eigenvalue weighted by molar-refractivity contribution is 7.39. The Morgan fingerprint density at radius 3 is 2.29 bits per heavy atom. The van der Waals surface area contributed by atoms with E-state index in [1.165, 1.54) is 6.92 Å². The first-order chi connectivity index (χ1) is 6.29. The summed E-state index contributed by atoms with van der Waals surface area (Å²) in [5.41, 5.74) is 0. The Bertz CT molecular complexity index is 227. The van der Waals surface area contributed by atoms with Gasteiger partial charge in [-0.1, -0.05) is 0 Å². The molecular formula is C7H12F3O3P. The van der Waals surface area contributed by atoms with Crippen molar-refractivity contribution in [1.82, 2.24) is 0 Å². The van der Waals surface area contributed by atoms with Crippen LogP contribution in [0, 0.1) is 5.92 Å². The van der Waals surface area contributed by atoms with Gasteiger partial charge >= 0.3 is 6.18 Å². The van der Waals surface area contributed by atoms with E-state index in [0.717, 1.165) is 6.92 Å². The number of ketones is 1. The second-order valence-corrected chi connectivity index (χ2v) is 4.15. The van der Waals surface area contributed by atoms with Crippen LogP contribution in [0.1, 0.15) is 13.8 Å². The van der Waals surface area contributed by atoms with Crippen molar-refractivity contribution < 1.29 is 27.1 Å². The molecule has 0 fully saturated rings. The molecule has 0 aliphatic carbocycles. The van der Waals surface area contributed by atoms with E-state index in [1.54, 1.807) is 0 Å². The molecule has 0 bridgehead atoms. The summed E-state index contributed by atoms with van der Waals surface area (Å²) in [6.07, 6.45) is -5.39. The first-order valence-corrected chi connectivity index (χ1v) is 5.54. The van der Waals surface area contributed by atoms with Crippen LogP contribution in [-0.4, -0.2) is 24.7 Å². The molecule has 0 heterocycles. The highest BCUT2D eigenvalue weighted by Gasteiger charge is 2.43. The van der Waals surface area contributed by atoms with E-state index in [1.807, 2.05) is 0 Å². The van der Waals surface area contributed by atoms with Gasteiger partial charge in [-0.25, -0.2) is 0 Å². The van der Waals surface area contributed by atoms with Crippen molar-refractivity contribution >= 4 is 13.8 Å². The van der Waals surface area contributed by atoms with E-state index in [0.29, 0.717) is 0 Å². The van der Waals surface area contributed by atoms with Gasteiger partial charge in [0.2, 0.25) is 0 Å². The Morgan fingerprint density at radius 2 is 2.00 bits per heavy atom. The standard InChI is InChI=1S/C7H12F3O3P/c1-3-13-14(12)4-6(5(2)11)7(8,9)10/h6,14H,3-4H2,1-2H3. The van der Waals surface area contributed by atoms with Gasteiger partial charge < -0.3 is 4.52 Å². The summed E-state index contributed by atoms with van der Waals surface area (Å²) in [6.45, 7) is 2.44. The smallest absolute Gasteiger partial charge is 0.331 e. The van der Waals surface area contributed by atoms with Crippen molar-refractivity contribution in [1.29, 1.82) is 0 Å². The zero-order chi connectivity index (χ0) is 11.4. The van der Waals surface area contributed by atoms with Crippen LogP contribution in [0.2, 0.25) is 0 Å². The molecule has 7 heteroatoms. The number of hydrogen-bond acceptors (Lipinski definition) is 3. The van der Waals surface area contributed by atoms with Gasteiger partial charge in [0, 0.05) is 6.16 Å². The fourth-order valence-corrected chi connectivity index (χ4v) is 2.17. The Morgan fingerprint density at radius 1 is 1.50 bits per heavy atom. The normalized spacial score (nSPS) is 16.4. The monoisotopic (exact) mass is 232 g/mol. The van der Waals surface area contributed by atoms with Crippen molar-refractivity contribution in [3.8, 4) is 0 Å². The molecule has 2 unspecified atom stereocenters. The lowest BCUT2D eigenvalue weighted by Crippen LogP contribution is -2.31. The topological polar surface area (TPSA) is 43.4 Å².